The number of rotatable bonds is 5. The van der Waals surface area contributed by atoms with Crippen LogP contribution in [0.2, 0.25) is 0 Å². The van der Waals surface area contributed by atoms with E-state index in [1.165, 1.54) is 0 Å². The second-order valence-electron chi connectivity index (χ2n) is 4.42. The molecule has 0 spiro atoms. The van der Waals surface area contributed by atoms with Gasteiger partial charge < -0.3 is 4.74 Å². The van der Waals surface area contributed by atoms with Crippen LogP contribution < -0.4 is 0 Å². The van der Waals surface area contributed by atoms with Crippen molar-refractivity contribution in [2.75, 3.05) is 32.6 Å². The summed E-state index contributed by atoms with van der Waals surface area (Å²) in [5.74, 6) is 0.115. The fourth-order valence-electron chi connectivity index (χ4n) is 2.20. The van der Waals surface area contributed by atoms with E-state index in [1.54, 1.807) is 17.8 Å². The molecule has 1 fully saturated rings. The lowest BCUT2D eigenvalue weighted by Crippen LogP contribution is -2.46. The Kier molecular flexibility index (Phi) is 5.19. The van der Waals surface area contributed by atoms with Crippen LogP contribution in [0, 0.1) is 0 Å². The molecule has 0 saturated carbocycles. The summed E-state index contributed by atoms with van der Waals surface area (Å²) in [6.45, 7) is 6.74. The van der Waals surface area contributed by atoms with Crippen molar-refractivity contribution in [1.29, 1.82) is 0 Å². The SMILES string of the molecule is C=CC(C(=O)c1ccc(SC)cc1)N1CCOCC1. The molecule has 1 saturated heterocycles. The molecule has 1 unspecified atom stereocenters. The molecule has 0 amide bonds. The molecule has 1 atom stereocenters. The molecule has 1 aliphatic rings. The maximum Gasteiger partial charge on any atom is 0.183 e. The zero-order valence-corrected chi connectivity index (χ0v) is 12.0. The van der Waals surface area contributed by atoms with Crippen LogP contribution in [-0.4, -0.2) is 49.3 Å². The van der Waals surface area contributed by atoms with E-state index < -0.39 is 0 Å². The fraction of sp³-hybridized carbons (Fsp3) is 0.400. The van der Waals surface area contributed by atoms with Crippen molar-refractivity contribution in [2.24, 2.45) is 0 Å². The molecule has 102 valence electrons. The summed E-state index contributed by atoms with van der Waals surface area (Å²) >= 11 is 1.67. The first kappa shape index (κ1) is 14.3. The fourth-order valence-corrected chi connectivity index (χ4v) is 2.61. The minimum absolute atomic E-state index is 0.115. The normalized spacial score (nSPS) is 17.9. The van der Waals surface area contributed by atoms with Crippen molar-refractivity contribution in [1.82, 2.24) is 4.90 Å². The number of hydrogen-bond donors (Lipinski definition) is 0. The van der Waals surface area contributed by atoms with Crippen molar-refractivity contribution >= 4 is 17.5 Å². The Morgan fingerprint density at radius 1 is 1.37 bits per heavy atom. The third-order valence-electron chi connectivity index (χ3n) is 3.31. The van der Waals surface area contributed by atoms with Crippen molar-refractivity contribution < 1.29 is 9.53 Å². The summed E-state index contributed by atoms with van der Waals surface area (Å²) in [4.78, 5) is 15.8. The highest BCUT2D eigenvalue weighted by Crippen LogP contribution is 2.17. The lowest BCUT2D eigenvalue weighted by Gasteiger charge is -2.31. The molecular formula is C15H19NO2S. The van der Waals surface area contributed by atoms with Crippen LogP contribution in [0.3, 0.4) is 0 Å². The number of thioether (sulfide) groups is 1. The predicted molar refractivity (Wildman–Crippen MR) is 78.9 cm³/mol. The van der Waals surface area contributed by atoms with Crippen LogP contribution in [0.5, 0.6) is 0 Å². The van der Waals surface area contributed by atoms with Crippen molar-refractivity contribution in [3.8, 4) is 0 Å². The molecule has 19 heavy (non-hydrogen) atoms. The molecule has 1 aromatic rings. The van der Waals surface area contributed by atoms with Crippen molar-refractivity contribution in [3.05, 3.63) is 42.5 Å². The first-order valence-electron chi connectivity index (χ1n) is 6.39. The number of hydrogen-bond acceptors (Lipinski definition) is 4. The van der Waals surface area contributed by atoms with Crippen LogP contribution in [0.4, 0.5) is 0 Å². The molecule has 0 N–H and O–H groups in total. The Bertz CT molecular complexity index is 438. The van der Waals surface area contributed by atoms with E-state index >= 15 is 0 Å². The van der Waals surface area contributed by atoms with E-state index in [0.717, 1.165) is 23.5 Å². The van der Waals surface area contributed by atoms with Crippen molar-refractivity contribution in [3.63, 3.8) is 0 Å². The summed E-state index contributed by atoms with van der Waals surface area (Å²) in [6, 6.07) is 7.51. The number of nitrogens with zero attached hydrogens (tertiary/aromatic N) is 1. The van der Waals surface area contributed by atoms with Crippen LogP contribution in [0.1, 0.15) is 10.4 Å². The Labute approximate surface area is 118 Å². The van der Waals surface area contributed by atoms with E-state index in [-0.39, 0.29) is 11.8 Å². The molecule has 1 aliphatic heterocycles. The quantitative estimate of drug-likeness (QED) is 0.470. The number of ether oxygens (including phenoxy) is 1. The number of morpholine rings is 1. The number of ketones is 1. The topological polar surface area (TPSA) is 29.5 Å². The van der Waals surface area contributed by atoms with Crippen LogP contribution in [0.25, 0.3) is 0 Å². The highest BCUT2D eigenvalue weighted by molar-refractivity contribution is 7.98. The Hall–Kier alpha value is -1.10. The lowest BCUT2D eigenvalue weighted by molar-refractivity contribution is 0.0256. The number of Topliss-reactive ketones (excluding diaryl/α,β-unsaturated/α-hetero) is 1. The Morgan fingerprint density at radius 2 is 2.00 bits per heavy atom. The van der Waals surface area contributed by atoms with Gasteiger partial charge in [0.2, 0.25) is 0 Å². The third-order valence-corrected chi connectivity index (χ3v) is 4.05. The molecule has 1 heterocycles. The third kappa shape index (κ3) is 3.47. The molecule has 1 aromatic carbocycles. The minimum Gasteiger partial charge on any atom is -0.379 e. The number of carbonyl (C=O) groups excluding carboxylic acids is 1. The molecular weight excluding hydrogens is 258 g/mol. The van der Waals surface area contributed by atoms with E-state index in [2.05, 4.69) is 11.5 Å². The van der Waals surface area contributed by atoms with Gasteiger partial charge in [0.1, 0.15) is 0 Å². The molecule has 2 rings (SSSR count). The second kappa shape index (κ2) is 6.89. The highest BCUT2D eigenvalue weighted by Gasteiger charge is 2.25. The molecule has 4 heteroatoms. The summed E-state index contributed by atoms with van der Waals surface area (Å²) < 4.78 is 5.32. The van der Waals surface area contributed by atoms with Gasteiger partial charge >= 0.3 is 0 Å². The van der Waals surface area contributed by atoms with Gasteiger partial charge in [-0.3, -0.25) is 9.69 Å². The summed E-state index contributed by atoms with van der Waals surface area (Å²) in [6.07, 6.45) is 3.76. The second-order valence-corrected chi connectivity index (χ2v) is 5.30. The number of benzene rings is 1. The van der Waals surface area contributed by atoms with Gasteiger partial charge in [0.25, 0.3) is 0 Å². The molecule has 3 nitrogen and oxygen atoms in total. The maximum atomic E-state index is 12.5. The Balaban J connectivity index is 2.12. The van der Waals surface area contributed by atoms with Gasteiger partial charge in [-0.05, 0) is 18.4 Å². The average Bonchev–Trinajstić information content (AvgIpc) is 2.49. The molecule has 0 aliphatic carbocycles. The highest BCUT2D eigenvalue weighted by atomic mass is 32.2. The van der Waals surface area contributed by atoms with Gasteiger partial charge in [0.05, 0.1) is 19.3 Å². The zero-order valence-electron chi connectivity index (χ0n) is 11.2. The van der Waals surface area contributed by atoms with Gasteiger partial charge in [-0.15, -0.1) is 18.3 Å². The summed E-state index contributed by atoms with van der Waals surface area (Å²) in [5.41, 5.74) is 0.745. The van der Waals surface area contributed by atoms with Crippen molar-refractivity contribution in [2.45, 2.75) is 10.9 Å². The summed E-state index contributed by atoms with van der Waals surface area (Å²) in [5, 5.41) is 0. The van der Waals surface area contributed by atoms with Gasteiger partial charge in [-0.2, -0.15) is 0 Å². The smallest absolute Gasteiger partial charge is 0.183 e. The number of carbonyl (C=O) groups is 1. The average molecular weight is 277 g/mol. The standard InChI is InChI=1S/C15H19NO2S/c1-3-14(16-8-10-18-11-9-16)15(17)12-4-6-13(19-2)7-5-12/h3-7,14H,1,8-11H2,2H3. The minimum atomic E-state index is -0.246. The van der Waals surface area contributed by atoms with Crippen LogP contribution >= 0.6 is 11.8 Å². The van der Waals surface area contributed by atoms with E-state index in [1.807, 2.05) is 30.5 Å². The monoisotopic (exact) mass is 277 g/mol. The predicted octanol–water partition coefficient (Wildman–Crippen LogP) is 2.48. The van der Waals surface area contributed by atoms with Gasteiger partial charge in [0.15, 0.2) is 5.78 Å². The zero-order chi connectivity index (χ0) is 13.7. The Morgan fingerprint density at radius 3 is 2.53 bits per heavy atom. The van der Waals surface area contributed by atoms with Crippen LogP contribution in [-0.2, 0) is 4.74 Å². The van der Waals surface area contributed by atoms with E-state index in [4.69, 9.17) is 4.74 Å². The summed E-state index contributed by atoms with van der Waals surface area (Å²) in [7, 11) is 0. The van der Waals surface area contributed by atoms with E-state index in [9.17, 15) is 4.79 Å². The van der Waals surface area contributed by atoms with Gasteiger partial charge in [-0.1, -0.05) is 18.2 Å². The van der Waals surface area contributed by atoms with Gasteiger partial charge in [-0.25, -0.2) is 0 Å². The lowest BCUT2D eigenvalue weighted by atomic mass is 10.0. The first-order valence-corrected chi connectivity index (χ1v) is 7.61. The molecule has 0 radical (unpaired) electrons. The van der Waals surface area contributed by atoms with E-state index in [0.29, 0.717) is 13.2 Å². The molecule has 0 bridgehead atoms. The molecule has 0 aromatic heterocycles. The van der Waals surface area contributed by atoms with Crippen LogP contribution in [0.15, 0.2) is 41.8 Å². The van der Waals surface area contributed by atoms with Gasteiger partial charge in [0, 0.05) is 23.5 Å². The maximum absolute atomic E-state index is 12.5. The first-order chi connectivity index (χ1) is 9.26. The largest absolute Gasteiger partial charge is 0.379 e.